The molecule has 0 aliphatic heterocycles. The van der Waals surface area contributed by atoms with Crippen LogP contribution in [0.3, 0.4) is 0 Å². The Morgan fingerprint density at radius 2 is 2.12 bits per heavy atom. The molecule has 1 aromatic rings. The maximum absolute atomic E-state index is 11.9. The highest BCUT2D eigenvalue weighted by atomic mass is 19.4. The number of rotatable bonds is 3. The predicted octanol–water partition coefficient (Wildman–Crippen LogP) is 0.719. The normalized spacial score (nSPS) is 11.3. The number of ether oxygens (including phenoxy) is 1. The average Bonchev–Trinajstić information content (AvgIpc) is 2.12. The van der Waals surface area contributed by atoms with E-state index in [1.54, 1.807) is 0 Å². The fourth-order valence-electron chi connectivity index (χ4n) is 1.16. The topological polar surface area (TPSA) is 111 Å². The van der Waals surface area contributed by atoms with Gasteiger partial charge in [0, 0.05) is 12.6 Å². The van der Waals surface area contributed by atoms with Crippen LogP contribution < -0.4 is 16.2 Å². The van der Waals surface area contributed by atoms with Crippen LogP contribution >= 0.6 is 0 Å². The summed E-state index contributed by atoms with van der Waals surface area (Å²) in [5, 5.41) is 8.76. The SMILES string of the molecule is NCc1nc(OC(F)(F)F)cc(N)c1C(=O)O. The van der Waals surface area contributed by atoms with Crippen LogP contribution in [0.5, 0.6) is 5.88 Å². The van der Waals surface area contributed by atoms with Crippen LogP contribution in [0.25, 0.3) is 0 Å². The zero-order valence-electron chi connectivity index (χ0n) is 8.28. The predicted molar refractivity (Wildman–Crippen MR) is 50.2 cm³/mol. The molecule has 6 nitrogen and oxygen atoms in total. The molecule has 0 amide bonds. The highest BCUT2D eigenvalue weighted by Gasteiger charge is 2.32. The van der Waals surface area contributed by atoms with E-state index in [2.05, 4.69) is 9.72 Å². The molecule has 0 saturated heterocycles. The van der Waals surface area contributed by atoms with Gasteiger partial charge in [0.05, 0.1) is 11.4 Å². The third-order valence-electron chi connectivity index (χ3n) is 1.73. The Morgan fingerprint density at radius 1 is 1.53 bits per heavy atom. The number of alkyl halides is 3. The van der Waals surface area contributed by atoms with E-state index in [1.165, 1.54) is 0 Å². The molecular formula is C8H8F3N3O3. The van der Waals surface area contributed by atoms with Crippen molar-refractivity contribution in [2.75, 3.05) is 5.73 Å². The van der Waals surface area contributed by atoms with Crippen molar-refractivity contribution in [3.05, 3.63) is 17.3 Å². The smallest absolute Gasteiger partial charge is 0.478 e. The van der Waals surface area contributed by atoms with Crippen molar-refractivity contribution in [3.8, 4) is 5.88 Å². The lowest BCUT2D eigenvalue weighted by molar-refractivity contribution is -0.276. The fourth-order valence-corrected chi connectivity index (χ4v) is 1.16. The van der Waals surface area contributed by atoms with Gasteiger partial charge >= 0.3 is 12.3 Å². The minimum atomic E-state index is -4.93. The molecule has 1 heterocycles. The monoisotopic (exact) mass is 251 g/mol. The number of anilines is 1. The van der Waals surface area contributed by atoms with Crippen LogP contribution in [0, 0.1) is 0 Å². The first-order chi connectivity index (χ1) is 7.74. The summed E-state index contributed by atoms with van der Waals surface area (Å²) >= 11 is 0. The lowest BCUT2D eigenvalue weighted by atomic mass is 10.1. The number of nitrogens with two attached hydrogens (primary N) is 2. The van der Waals surface area contributed by atoms with Gasteiger partial charge in [0.2, 0.25) is 5.88 Å². The van der Waals surface area contributed by atoms with Gasteiger partial charge in [0.1, 0.15) is 5.56 Å². The molecule has 0 aliphatic carbocycles. The highest BCUT2D eigenvalue weighted by molar-refractivity contribution is 5.95. The summed E-state index contributed by atoms with van der Waals surface area (Å²) < 4.78 is 39.3. The molecule has 5 N–H and O–H groups in total. The molecule has 17 heavy (non-hydrogen) atoms. The van der Waals surface area contributed by atoms with E-state index in [4.69, 9.17) is 16.6 Å². The number of hydrogen-bond acceptors (Lipinski definition) is 5. The summed E-state index contributed by atoms with van der Waals surface area (Å²) in [7, 11) is 0. The van der Waals surface area contributed by atoms with E-state index in [-0.39, 0.29) is 12.2 Å². The Morgan fingerprint density at radius 3 is 2.53 bits per heavy atom. The maximum atomic E-state index is 11.9. The van der Waals surface area contributed by atoms with Crippen molar-refractivity contribution in [1.82, 2.24) is 4.98 Å². The molecule has 0 saturated carbocycles. The molecule has 9 heteroatoms. The quantitative estimate of drug-likeness (QED) is 0.729. The van der Waals surface area contributed by atoms with Crippen LogP contribution in [0.2, 0.25) is 0 Å². The van der Waals surface area contributed by atoms with Crippen molar-refractivity contribution >= 4 is 11.7 Å². The summed E-state index contributed by atoms with van der Waals surface area (Å²) in [6.07, 6.45) is -4.93. The van der Waals surface area contributed by atoms with E-state index < -0.39 is 29.5 Å². The summed E-state index contributed by atoms with van der Waals surface area (Å²) in [5.74, 6) is -2.27. The molecule has 0 spiro atoms. The third kappa shape index (κ3) is 3.21. The van der Waals surface area contributed by atoms with Crippen molar-refractivity contribution in [2.24, 2.45) is 5.73 Å². The molecule has 0 atom stereocenters. The zero-order valence-corrected chi connectivity index (χ0v) is 8.28. The van der Waals surface area contributed by atoms with Gasteiger partial charge in [-0.25, -0.2) is 9.78 Å². The van der Waals surface area contributed by atoms with E-state index in [1.807, 2.05) is 0 Å². The van der Waals surface area contributed by atoms with Gasteiger partial charge in [0.15, 0.2) is 0 Å². The largest absolute Gasteiger partial charge is 0.574 e. The Labute approximate surface area is 93.0 Å². The minimum absolute atomic E-state index is 0.281. The molecule has 1 rings (SSSR count). The minimum Gasteiger partial charge on any atom is -0.478 e. The van der Waals surface area contributed by atoms with E-state index >= 15 is 0 Å². The summed E-state index contributed by atoms with van der Waals surface area (Å²) in [4.78, 5) is 14.1. The van der Waals surface area contributed by atoms with Gasteiger partial charge in [-0.15, -0.1) is 13.2 Å². The van der Waals surface area contributed by atoms with Gasteiger partial charge in [-0.3, -0.25) is 0 Å². The van der Waals surface area contributed by atoms with Crippen LogP contribution in [0.15, 0.2) is 6.07 Å². The molecule has 0 radical (unpaired) electrons. The first-order valence-electron chi connectivity index (χ1n) is 4.23. The zero-order chi connectivity index (χ0) is 13.2. The fraction of sp³-hybridized carbons (Fsp3) is 0.250. The number of aromatic nitrogens is 1. The van der Waals surface area contributed by atoms with Crippen LogP contribution in [-0.4, -0.2) is 22.4 Å². The molecule has 0 aliphatic rings. The second-order valence-corrected chi connectivity index (χ2v) is 2.93. The van der Waals surface area contributed by atoms with Gasteiger partial charge in [-0.05, 0) is 0 Å². The number of nitrogens with zero attached hydrogens (tertiary/aromatic N) is 1. The lowest BCUT2D eigenvalue weighted by Gasteiger charge is -2.11. The van der Waals surface area contributed by atoms with Crippen molar-refractivity contribution in [3.63, 3.8) is 0 Å². The Balaban J connectivity index is 3.23. The Kier molecular flexibility index (Phi) is 3.42. The Bertz CT molecular complexity index is 448. The number of pyridine rings is 1. The maximum Gasteiger partial charge on any atom is 0.574 e. The van der Waals surface area contributed by atoms with Crippen molar-refractivity contribution < 1.29 is 27.8 Å². The van der Waals surface area contributed by atoms with Crippen LogP contribution in [0.4, 0.5) is 18.9 Å². The number of hydrogen-bond donors (Lipinski definition) is 3. The number of nitrogen functional groups attached to an aromatic ring is 1. The van der Waals surface area contributed by atoms with Gasteiger partial charge in [0.25, 0.3) is 0 Å². The summed E-state index contributed by atoms with van der Waals surface area (Å²) in [6, 6.07) is 0.677. The van der Waals surface area contributed by atoms with Crippen molar-refractivity contribution in [2.45, 2.75) is 12.9 Å². The number of halogens is 3. The van der Waals surface area contributed by atoms with E-state index in [0.29, 0.717) is 6.07 Å². The Hall–Kier alpha value is -2.03. The molecule has 0 bridgehead atoms. The number of carbonyl (C=O) groups is 1. The van der Waals surface area contributed by atoms with E-state index in [9.17, 15) is 18.0 Å². The first kappa shape index (κ1) is 13.0. The van der Waals surface area contributed by atoms with Gasteiger partial charge in [-0.2, -0.15) is 0 Å². The standard InChI is InChI=1S/C8H8F3N3O3/c9-8(10,11)17-5-1-3(13)6(7(15)16)4(2-12)14-5/h1H,2,12H2,(H2,13,14)(H,15,16). The molecular weight excluding hydrogens is 243 g/mol. The van der Waals surface area contributed by atoms with E-state index in [0.717, 1.165) is 0 Å². The average molecular weight is 251 g/mol. The van der Waals surface area contributed by atoms with Crippen LogP contribution in [-0.2, 0) is 6.54 Å². The lowest BCUT2D eigenvalue weighted by Crippen LogP contribution is -2.20. The second kappa shape index (κ2) is 4.45. The first-order valence-corrected chi connectivity index (χ1v) is 4.23. The number of carboxylic acid groups (broad SMARTS) is 1. The molecule has 0 aromatic carbocycles. The highest BCUT2D eigenvalue weighted by Crippen LogP contribution is 2.26. The molecule has 1 aromatic heterocycles. The third-order valence-corrected chi connectivity index (χ3v) is 1.73. The van der Waals surface area contributed by atoms with Crippen LogP contribution in [0.1, 0.15) is 16.1 Å². The number of carboxylic acids is 1. The summed E-state index contributed by atoms with van der Waals surface area (Å²) in [6.45, 7) is -0.374. The van der Waals surface area contributed by atoms with Gasteiger partial charge < -0.3 is 21.3 Å². The molecule has 0 unspecified atom stereocenters. The number of aromatic carboxylic acids is 1. The van der Waals surface area contributed by atoms with Gasteiger partial charge in [-0.1, -0.05) is 0 Å². The van der Waals surface area contributed by atoms with Crippen molar-refractivity contribution in [1.29, 1.82) is 0 Å². The second-order valence-electron chi connectivity index (χ2n) is 2.93. The molecule has 0 fully saturated rings. The summed E-state index contributed by atoms with van der Waals surface area (Å²) in [5.41, 5.74) is 9.36. The molecule has 94 valence electrons.